The number of fused-ring (bicyclic) bond motifs is 1. The molecule has 0 amide bonds. The van der Waals surface area contributed by atoms with Crippen LogP contribution in [-0.2, 0) is 0 Å². The van der Waals surface area contributed by atoms with Crippen LogP contribution in [0.1, 0.15) is 21.3 Å². The lowest BCUT2D eigenvalue weighted by Gasteiger charge is -2.15. The minimum Gasteiger partial charge on any atom is -0.293 e. The fourth-order valence-electron chi connectivity index (χ4n) is 2.97. The molecule has 5 heteroatoms. The number of carbonyl (C=O) groups excluding carboxylic acids is 1. The number of hydrogen-bond donors (Lipinski definition) is 0. The molecule has 0 fully saturated rings. The highest BCUT2D eigenvalue weighted by molar-refractivity contribution is 8.13. The second-order valence-electron chi connectivity index (χ2n) is 6.17. The Hall–Kier alpha value is -2.76. The highest BCUT2D eigenvalue weighted by Crippen LogP contribution is 2.34. The standard InChI is InChI=1S/C23H18N2OS2/c1-27-22(24-17-12-6-3-7-13-17)20(21(26)16-10-4-2-5-11-16)23-25-18-14-8-9-15-19(18)28-23/h2-15,20H,1H3. The number of nitrogens with zero attached hydrogens (tertiary/aromatic N) is 2. The number of rotatable bonds is 5. The van der Waals surface area contributed by atoms with Crippen molar-refractivity contribution in [2.24, 2.45) is 4.99 Å². The summed E-state index contributed by atoms with van der Waals surface area (Å²) in [5.41, 5.74) is 2.41. The van der Waals surface area contributed by atoms with Crippen LogP contribution in [0.15, 0.2) is 89.9 Å². The van der Waals surface area contributed by atoms with E-state index in [-0.39, 0.29) is 5.78 Å². The van der Waals surface area contributed by atoms with Gasteiger partial charge in [0.25, 0.3) is 0 Å². The molecule has 0 aliphatic rings. The van der Waals surface area contributed by atoms with E-state index in [0.717, 1.165) is 26.0 Å². The summed E-state index contributed by atoms with van der Waals surface area (Å²) in [4.78, 5) is 23.1. The second kappa shape index (κ2) is 8.50. The smallest absolute Gasteiger partial charge is 0.179 e. The molecule has 3 nitrogen and oxygen atoms in total. The van der Waals surface area contributed by atoms with Crippen LogP contribution >= 0.6 is 23.1 Å². The first-order chi connectivity index (χ1) is 13.8. The van der Waals surface area contributed by atoms with E-state index in [9.17, 15) is 4.79 Å². The van der Waals surface area contributed by atoms with Gasteiger partial charge in [-0.3, -0.25) is 4.79 Å². The first-order valence-electron chi connectivity index (χ1n) is 8.88. The zero-order chi connectivity index (χ0) is 19.3. The number of aromatic nitrogens is 1. The molecule has 1 aromatic heterocycles. The maximum absolute atomic E-state index is 13.5. The molecule has 0 spiro atoms. The summed E-state index contributed by atoms with van der Waals surface area (Å²) in [6.07, 6.45) is 1.96. The minimum absolute atomic E-state index is 0.0173. The third-order valence-corrected chi connectivity index (χ3v) is 6.18. The van der Waals surface area contributed by atoms with Gasteiger partial charge in [-0.25, -0.2) is 9.98 Å². The molecule has 138 valence electrons. The molecule has 0 N–H and O–H groups in total. The van der Waals surface area contributed by atoms with Crippen LogP contribution in [0.2, 0.25) is 0 Å². The van der Waals surface area contributed by atoms with Gasteiger partial charge in [0.15, 0.2) is 5.78 Å². The van der Waals surface area contributed by atoms with Gasteiger partial charge in [-0.2, -0.15) is 0 Å². The van der Waals surface area contributed by atoms with E-state index in [1.165, 1.54) is 11.8 Å². The Bertz CT molecular complexity index is 1090. The number of benzene rings is 3. The van der Waals surface area contributed by atoms with Crippen LogP contribution in [-0.4, -0.2) is 22.1 Å². The SMILES string of the molecule is CSC(=Nc1ccccc1)C(C(=O)c1ccccc1)c1nc2ccccc2s1. The second-order valence-corrected chi connectivity index (χ2v) is 8.06. The predicted molar refractivity (Wildman–Crippen MR) is 120 cm³/mol. The number of Topliss-reactive ketones (excluding diaryl/α,β-unsaturated/α-hetero) is 1. The lowest BCUT2D eigenvalue weighted by molar-refractivity contribution is 0.0983. The van der Waals surface area contributed by atoms with Crippen molar-refractivity contribution < 1.29 is 4.79 Å². The van der Waals surface area contributed by atoms with Gasteiger partial charge in [-0.15, -0.1) is 23.1 Å². The van der Waals surface area contributed by atoms with Crippen molar-refractivity contribution in [3.05, 3.63) is 95.5 Å². The van der Waals surface area contributed by atoms with Gasteiger partial charge < -0.3 is 0 Å². The van der Waals surface area contributed by atoms with Gasteiger partial charge in [0.1, 0.15) is 10.9 Å². The highest BCUT2D eigenvalue weighted by Gasteiger charge is 2.30. The Kier molecular flexibility index (Phi) is 5.65. The Balaban J connectivity index is 1.85. The van der Waals surface area contributed by atoms with E-state index in [0.29, 0.717) is 5.56 Å². The Labute approximate surface area is 172 Å². The van der Waals surface area contributed by atoms with E-state index < -0.39 is 5.92 Å². The topological polar surface area (TPSA) is 42.3 Å². The Morgan fingerprint density at radius 1 is 0.929 bits per heavy atom. The molecule has 0 bridgehead atoms. The molecule has 3 aromatic carbocycles. The van der Waals surface area contributed by atoms with Crippen LogP contribution in [0.5, 0.6) is 0 Å². The zero-order valence-corrected chi connectivity index (χ0v) is 16.9. The minimum atomic E-state index is -0.519. The molecule has 28 heavy (non-hydrogen) atoms. The molecule has 0 aliphatic heterocycles. The molecule has 0 aliphatic carbocycles. The Morgan fingerprint density at radius 3 is 2.25 bits per heavy atom. The van der Waals surface area contributed by atoms with Crippen LogP contribution in [0.4, 0.5) is 5.69 Å². The molecule has 0 radical (unpaired) electrons. The van der Waals surface area contributed by atoms with Crippen molar-refractivity contribution in [1.82, 2.24) is 4.98 Å². The summed E-state index contributed by atoms with van der Waals surface area (Å²) in [5, 5.41) is 1.53. The molecule has 1 heterocycles. The number of para-hydroxylation sites is 2. The number of hydrogen-bond acceptors (Lipinski definition) is 5. The van der Waals surface area contributed by atoms with Gasteiger partial charge in [-0.1, -0.05) is 60.7 Å². The maximum atomic E-state index is 13.5. The molecular weight excluding hydrogens is 384 g/mol. The van der Waals surface area contributed by atoms with E-state index in [4.69, 9.17) is 9.98 Å². The summed E-state index contributed by atoms with van der Waals surface area (Å²) in [7, 11) is 0. The van der Waals surface area contributed by atoms with Crippen molar-refractivity contribution >= 4 is 49.8 Å². The summed E-state index contributed by atoms with van der Waals surface area (Å²) in [6.45, 7) is 0. The van der Waals surface area contributed by atoms with Crippen LogP contribution in [0.3, 0.4) is 0 Å². The van der Waals surface area contributed by atoms with Crippen LogP contribution in [0, 0.1) is 0 Å². The summed E-state index contributed by atoms with van der Waals surface area (Å²) >= 11 is 3.05. The number of ketones is 1. The van der Waals surface area contributed by atoms with E-state index in [1.807, 2.05) is 91.2 Å². The molecule has 0 saturated carbocycles. The number of thiazole rings is 1. The van der Waals surface area contributed by atoms with Gasteiger partial charge in [-0.05, 0) is 30.5 Å². The zero-order valence-electron chi connectivity index (χ0n) is 15.3. The molecular formula is C23H18N2OS2. The molecule has 0 saturated heterocycles. The van der Waals surface area contributed by atoms with E-state index in [1.54, 1.807) is 11.3 Å². The molecule has 1 unspecified atom stereocenters. The average Bonchev–Trinajstić information content (AvgIpc) is 3.18. The van der Waals surface area contributed by atoms with Gasteiger partial charge >= 0.3 is 0 Å². The van der Waals surface area contributed by atoms with Gasteiger partial charge in [0.2, 0.25) is 0 Å². The maximum Gasteiger partial charge on any atom is 0.179 e. The van der Waals surface area contributed by atoms with Crippen molar-refractivity contribution in [1.29, 1.82) is 0 Å². The number of aliphatic imine (C=N–C) groups is 1. The van der Waals surface area contributed by atoms with E-state index >= 15 is 0 Å². The first-order valence-corrected chi connectivity index (χ1v) is 10.9. The monoisotopic (exact) mass is 402 g/mol. The highest BCUT2D eigenvalue weighted by atomic mass is 32.2. The summed E-state index contributed by atoms with van der Waals surface area (Å²) < 4.78 is 1.07. The third kappa shape index (κ3) is 3.91. The number of carbonyl (C=O) groups is 1. The van der Waals surface area contributed by atoms with E-state index in [2.05, 4.69) is 0 Å². The lowest BCUT2D eigenvalue weighted by atomic mass is 9.99. The summed E-state index contributed by atoms with van der Waals surface area (Å²) in [6, 6.07) is 27.1. The summed E-state index contributed by atoms with van der Waals surface area (Å²) in [5.74, 6) is -0.501. The van der Waals surface area contributed by atoms with Crippen molar-refractivity contribution in [3.63, 3.8) is 0 Å². The van der Waals surface area contributed by atoms with Crippen molar-refractivity contribution in [3.8, 4) is 0 Å². The van der Waals surface area contributed by atoms with Crippen LogP contribution < -0.4 is 0 Å². The average molecular weight is 403 g/mol. The molecule has 1 atom stereocenters. The first kappa shape index (κ1) is 18.6. The molecule has 4 rings (SSSR count). The lowest BCUT2D eigenvalue weighted by Crippen LogP contribution is -2.20. The van der Waals surface area contributed by atoms with Crippen LogP contribution in [0.25, 0.3) is 10.2 Å². The quantitative estimate of drug-likeness (QED) is 0.222. The predicted octanol–water partition coefficient (Wildman–Crippen LogP) is 6.36. The van der Waals surface area contributed by atoms with Crippen molar-refractivity contribution in [2.75, 3.05) is 6.26 Å². The third-order valence-electron chi connectivity index (χ3n) is 4.33. The fraction of sp³-hybridized carbons (Fsp3) is 0.0870. The number of thioether (sulfide) groups is 1. The van der Waals surface area contributed by atoms with Crippen molar-refractivity contribution in [2.45, 2.75) is 5.92 Å². The largest absolute Gasteiger partial charge is 0.293 e. The Morgan fingerprint density at radius 2 is 1.57 bits per heavy atom. The fourth-order valence-corrected chi connectivity index (χ4v) is 4.77. The van der Waals surface area contributed by atoms with Gasteiger partial charge in [0, 0.05) is 5.56 Å². The normalized spacial score (nSPS) is 12.8. The molecule has 4 aromatic rings. The van der Waals surface area contributed by atoms with Gasteiger partial charge in [0.05, 0.1) is 20.9 Å².